The smallest absolute Gasteiger partial charge is 0.416 e. The summed E-state index contributed by atoms with van der Waals surface area (Å²) in [4.78, 5) is 34.6. The van der Waals surface area contributed by atoms with Crippen LogP contribution in [0.2, 0.25) is 0 Å². The molecule has 13 heteroatoms. The molecule has 40 heavy (non-hydrogen) atoms. The lowest BCUT2D eigenvalue weighted by Crippen LogP contribution is -2.57. The number of nitrogens with zero attached hydrogens (tertiary/aromatic N) is 3. The van der Waals surface area contributed by atoms with E-state index < -0.39 is 35.6 Å². The number of carbonyl (C=O) groups is 2. The number of alkyl halides is 3. The second-order valence-electron chi connectivity index (χ2n) is 9.10. The van der Waals surface area contributed by atoms with Crippen LogP contribution in [0, 0.1) is 5.92 Å². The van der Waals surface area contributed by atoms with E-state index in [4.69, 9.17) is 23.9 Å². The molecule has 216 valence electrons. The first kappa shape index (κ1) is 28.8. The van der Waals surface area contributed by atoms with Crippen molar-refractivity contribution in [1.82, 2.24) is 10.2 Å². The van der Waals surface area contributed by atoms with Crippen LogP contribution in [0.25, 0.3) is 0 Å². The molecule has 2 atom stereocenters. The molecule has 2 aromatic carbocycles. The molecule has 2 heterocycles. The van der Waals surface area contributed by atoms with Crippen LogP contribution in [-0.2, 0) is 20.5 Å². The number of esters is 1. The van der Waals surface area contributed by atoms with Gasteiger partial charge in [0.25, 0.3) is 0 Å². The van der Waals surface area contributed by atoms with Crippen molar-refractivity contribution in [2.24, 2.45) is 10.9 Å². The molecular formula is C27H31F3N4O6. The summed E-state index contributed by atoms with van der Waals surface area (Å²) in [6.45, 7) is 3.27. The SMILES string of the molecule is CCOC(=O)C1C(=O)NC(N2CCN(c3cccc(C(F)(F)F)c3)CC2)=NC1c1cc(OC)c(OC)c(OC)c1. The zero-order valence-electron chi connectivity index (χ0n) is 22.6. The Kier molecular flexibility index (Phi) is 8.60. The lowest BCUT2D eigenvalue weighted by atomic mass is 9.90. The molecule has 1 saturated heterocycles. The average molecular weight is 565 g/mol. The minimum Gasteiger partial charge on any atom is -0.493 e. The van der Waals surface area contributed by atoms with Crippen molar-refractivity contribution >= 4 is 23.5 Å². The number of aliphatic imine (C=N–C) groups is 1. The number of methoxy groups -OCH3 is 3. The van der Waals surface area contributed by atoms with E-state index in [1.54, 1.807) is 25.1 Å². The zero-order chi connectivity index (χ0) is 29.0. The molecule has 10 nitrogen and oxygen atoms in total. The van der Waals surface area contributed by atoms with Gasteiger partial charge < -0.3 is 28.7 Å². The van der Waals surface area contributed by atoms with Crippen molar-refractivity contribution < 1.29 is 41.7 Å². The van der Waals surface area contributed by atoms with E-state index in [0.29, 0.717) is 54.7 Å². The van der Waals surface area contributed by atoms with Crippen LogP contribution in [0.3, 0.4) is 0 Å². The summed E-state index contributed by atoms with van der Waals surface area (Å²) in [5, 5.41) is 2.72. The molecule has 2 aliphatic heterocycles. The number of carbonyl (C=O) groups excluding carboxylic acids is 2. The first-order valence-electron chi connectivity index (χ1n) is 12.6. The van der Waals surface area contributed by atoms with Crippen molar-refractivity contribution in [2.75, 3.05) is 59.0 Å². The first-order valence-corrected chi connectivity index (χ1v) is 12.6. The highest BCUT2D eigenvalue weighted by Gasteiger charge is 2.43. The largest absolute Gasteiger partial charge is 0.493 e. The van der Waals surface area contributed by atoms with E-state index >= 15 is 0 Å². The molecule has 0 saturated carbocycles. The fraction of sp³-hybridized carbons (Fsp3) is 0.444. The van der Waals surface area contributed by atoms with Gasteiger partial charge in [-0.15, -0.1) is 0 Å². The van der Waals surface area contributed by atoms with Crippen LogP contribution < -0.4 is 24.4 Å². The predicted octanol–water partition coefficient (Wildman–Crippen LogP) is 3.26. The third-order valence-corrected chi connectivity index (χ3v) is 6.78. The molecule has 1 amide bonds. The number of benzene rings is 2. The number of ether oxygens (including phenoxy) is 4. The van der Waals surface area contributed by atoms with Crippen LogP contribution >= 0.6 is 0 Å². The Morgan fingerprint density at radius 3 is 2.17 bits per heavy atom. The summed E-state index contributed by atoms with van der Waals surface area (Å²) < 4.78 is 61.0. The molecule has 0 radical (unpaired) electrons. The van der Waals surface area contributed by atoms with E-state index in [1.165, 1.54) is 27.4 Å². The number of piperazine rings is 1. The summed E-state index contributed by atoms with van der Waals surface area (Å²) in [6, 6.07) is 7.48. The van der Waals surface area contributed by atoms with Crippen LogP contribution in [0.15, 0.2) is 41.4 Å². The van der Waals surface area contributed by atoms with Gasteiger partial charge in [-0.05, 0) is 42.8 Å². The van der Waals surface area contributed by atoms with E-state index in [-0.39, 0.29) is 12.6 Å². The minimum atomic E-state index is -4.43. The number of halogens is 3. The van der Waals surface area contributed by atoms with Gasteiger partial charge >= 0.3 is 12.1 Å². The Bertz CT molecular complexity index is 1250. The van der Waals surface area contributed by atoms with E-state index in [0.717, 1.165) is 12.1 Å². The van der Waals surface area contributed by atoms with Gasteiger partial charge in [0.05, 0.1) is 33.5 Å². The van der Waals surface area contributed by atoms with Crippen LogP contribution in [0.5, 0.6) is 17.2 Å². The van der Waals surface area contributed by atoms with Gasteiger partial charge in [0.1, 0.15) is 6.04 Å². The molecule has 4 rings (SSSR count). The maximum Gasteiger partial charge on any atom is 0.416 e. The third kappa shape index (κ3) is 5.87. The molecule has 0 spiro atoms. The average Bonchev–Trinajstić information content (AvgIpc) is 2.95. The van der Waals surface area contributed by atoms with Crippen LogP contribution in [0.4, 0.5) is 18.9 Å². The maximum atomic E-state index is 13.3. The van der Waals surface area contributed by atoms with Crippen LogP contribution in [0.1, 0.15) is 24.1 Å². The molecule has 2 unspecified atom stereocenters. The second-order valence-corrected chi connectivity index (χ2v) is 9.10. The number of hydrogen-bond acceptors (Lipinski definition) is 9. The summed E-state index contributed by atoms with van der Waals surface area (Å²) in [5.74, 6) is -1.31. The Morgan fingerprint density at radius 2 is 1.62 bits per heavy atom. The number of amides is 1. The van der Waals surface area contributed by atoms with E-state index in [2.05, 4.69) is 5.32 Å². The molecular weight excluding hydrogens is 533 g/mol. The number of hydrogen-bond donors (Lipinski definition) is 1. The Balaban J connectivity index is 1.63. The van der Waals surface area contributed by atoms with Gasteiger partial charge in [-0.1, -0.05) is 6.07 Å². The highest BCUT2D eigenvalue weighted by molar-refractivity contribution is 6.08. The molecule has 2 aromatic rings. The Labute approximate surface area is 229 Å². The number of anilines is 1. The van der Waals surface area contributed by atoms with Gasteiger partial charge in [-0.2, -0.15) is 13.2 Å². The molecule has 1 N–H and O–H groups in total. The lowest BCUT2D eigenvalue weighted by Gasteiger charge is -2.40. The minimum absolute atomic E-state index is 0.0820. The van der Waals surface area contributed by atoms with Crippen molar-refractivity contribution in [3.05, 3.63) is 47.5 Å². The van der Waals surface area contributed by atoms with Crippen molar-refractivity contribution in [1.29, 1.82) is 0 Å². The number of rotatable bonds is 7. The van der Waals surface area contributed by atoms with Crippen molar-refractivity contribution in [3.63, 3.8) is 0 Å². The third-order valence-electron chi connectivity index (χ3n) is 6.78. The molecule has 0 aliphatic carbocycles. The van der Waals surface area contributed by atoms with Crippen LogP contribution in [-0.4, -0.2) is 76.9 Å². The topological polar surface area (TPSA) is 102 Å². The van der Waals surface area contributed by atoms with Gasteiger partial charge in [0.15, 0.2) is 17.4 Å². The van der Waals surface area contributed by atoms with Gasteiger partial charge in [0.2, 0.25) is 17.6 Å². The normalized spacial score (nSPS) is 19.5. The first-order chi connectivity index (χ1) is 19.1. The lowest BCUT2D eigenvalue weighted by molar-refractivity contribution is -0.153. The zero-order valence-corrected chi connectivity index (χ0v) is 22.6. The number of guanidine groups is 1. The fourth-order valence-corrected chi connectivity index (χ4v) is 4.79. The predicted molar refractivity (Wildman–Crippen MR) is 140 cm³/mol. The maximum absolute atomic E-state index is 13.3. The quantitative estimate of drug-likeness (QED) is 0.404. The molecule has 0 aromatic heterocycles. The Morgan fingerprint density at radius 1 is 1.00 bits per heavy atom. The standard InChI is InChI=1S/C27H31F3N4O6/c1-5-40-25(36)21-22(16-13-19(37-2)23(39-4)20(14-16)38-3)31-26(32-24(21)35)34-11-9-33(10-12-34)18-8-6-7-17(15-18)27(28,29)30/h6-8,13-15,21-22H,5,9-12H2,1-4H3,(H,31,32,35). The van der Waals surface area contributed by atoms with Crippen molar-refractivity contribution in [2.45, 2.75) is 19.1 Å². The van der Waals surface area contributed by atoms with Gasteiger partial charge in [-0.25, -0.2) is 4.99 Å². The van der Waals surface area contributed by atoms with Crippen molar-refractivity contribution in [3.8, 4) is 17.2 Å². The Hall–Kier alpha value is -4.16. The second kappa shape index (κ2) is 11.9. The summed E-state index contributed by atoms with van der Waals surface area (Å²) in [7, 11) is 4.37. The highest BCUT2D eigenvalue weighted by atomic mass is 19.4. The highest BCUT2D eigenvalue weighted by Crippen LogP contribution is 2.42. The molecule has 2 aliphatic rings. The van der Waals surface area contributed by atoms with E-state index in [1.807, 2.05) is 9.80 Å². The summed E-state index contributed by atoms with van der Waals surface area (Å²) in [5.41, 5.74) is 0.221. The molecule has 1 fully saturated rings. The monoisotopic (exact) mass is 564 g/mol. The van der Waals surface area contributed by atoms with Gasteiger partial charge in [0, 0.05) is 31.9 Å². The number of nitrogens with one attached hydrogen (secondary N) is 1. The van der Waals surface area contributed by atoms with Gasteiger partial charge in [-0.3, -0.25) is 14.9 Å². The molecule has 0 bridgehead atoms. The van der Waals surface area contributed by atoms with E-state index in [9.17, 15) is 22.8 Å². The summed E-state index contributed by atoms with van der Waals surface area (Å²) in [6.07, 6.45) is -4.43. The summed E-state index contributed by atoms with van der Waals surface area (Å²) >= 11 is 0. The fourth-order valence-electron chi connectivity index (χ4n) is 4.79.